The van der Waals surface area contributed by atoms with E-state index >= 15 is 0 Å². The topological polar surface area (TPSA) is 0 Å². The van der Waals surface area contributed by atoms with Gasteiger partial charge in [0.25, 0.3) is 0 Å². The summed E-state index contributed by atoms with van der Waals surface area (Å²) in [5.41, 5.74) is 3.80. The van der Waals surface area contributed by atoms with E-state index in [-0.39, 0.29) is 58.9 Å². The lowest BCUT2D eigenvalue weighted by Crippen LogP contribution is -2.50. The Kier molecular flexibility index (Phi) is 28.5. The van der Waals surface area contributed by atoms with Gasteiger partial charge in [0.15, 0.2) is 0 Å². The van der Waals surface area contributed by atoms with E-state index in [1.165, 1.54) is 443 Å². The van der Waals surface area contributed by atoms with Gasteiger partial charge in [0.2, 0.25) is 0 Å². The van der Waals surface area contributed by atoms with Crippen LogP contribution < -0.4 is 0 Å². The van der Waals surface area contributed by atoms with E-state index in [0.29, 0.717) is 32.5 Å². The maximum atomic E-state index is 8.50. The Balaban J connectivity index is 0.000000103. The van der Waals surface area contributed by atoms with Crippen molar-refractivity contribution in [2.45, 2.75) is 557 Å². The van der Waals surface area contributed by atoms with Crippen LogP contribution in [0.2, 0.25) is 0 Å². The second-order valence-electron chi connectivity index (χ2n) is 52.9. The zero-order valence-electron chi connectivity index (χ0n) is 93.3. The van der Waals surface area contributed by atoms with Crippen molar-refractivity contribution in [2.24, 2.45) is 210 Å². The van der Waals surface area contributed by atoms with Crippen LogP contribution in [0.4, 0.5) is 0 Å². The third kappa shape index (κ3) is 22.0. The highest BCUT2D eigenvalue weighted by Crippen LogP contribution is 2.68. The average molecular weight is 1690 g/mol. The van der Waals surface area contributed by atoms with E-state index in [4.69, 9.17) is 13.7 Å². The van der Waals surface area contributed by atoms with Crippen LogP contribution in [0, 0.1) is 210 Å². The summed E-state index contributed by atoms with van der Waals surface area (Å²) < 4.78 is 82.3. The lowest BCUT2D eigenvalue weighted by atomic mass is 9.44. The molecule has 26 aliphatic rings. The quantitative estimate of drug-likeness (QED) is 0.227. The molecule has 0 aromatic heterocycles. The van der Waals surface area contributed by atoms with Crippen molar-refractivity contribution in [1.29, 1.82) is 0 Å². The predicted molar refractivity (Wildman–Crippen MR) is 527 cm³/mol. The van der Waals surface area contributed by atoms with Gasteiger partial charge in [-0.15, -0.1) is 0 Å². The van der Waals surface area contributed by atoms with Gasteiger partial charge in [-0.1, -0.05) is 294 Å². The summed E-state index contributed by atoms with van der Waals surface area (Å²) in [6, 6.07) is 0. The largest absolute Gasteiger partial charge is 0.0625 e. The molecule has 122 heavy (non-hydrogen) atoms. The van der Waals surface area contributed by atoms with Crippen LogP contribution in [0.15, 0.2) is 0 Å². The molecule has 4 spiro atoms. The van der Waals surface area contributed by atoms with Crippen molar-refractivity contribution >= 4 is 0 Å². The van der Waals surface area contributed by atoms with E-state index in [1.54, 1.807) is 0 Å². The molecule has 30 atom stereocenters. The lowest BCUT2D eigenvalue weighted by Gasteiger charge is -2.61. The third-order valence-corrected chi connectivity index (χ3v) is 45.3. The third-order valence-electron chi connectivity index (χ3n) is 45.3. The summed E-state index contributed by atoms with van der Waals surface area (Å²) >= 11 is 0. The number of hydrogen-bond acceptors (Lipinski definition) is 0. The highest BCUT2D eigenvalue weighted by molar-refractivity contribution is 5.08. The first-order valence-electron chi connectivity index (χ1n) is 62.4. The molecular formula is C122H212. The normalized spacial score (nSPS) is 55.3. The van der Waals surface area contributed by atoms with Crippen molar-refractivity contribution in [1.82, 2.24) is 0 Å². The molecule has 26 aliphatic carbocycles. The summed E-state index contributed by atoms with van der Waals surface area (Å²) in [7, 11) is 0. The summed E-state index contributed by atoms with van der Waals surface area (Å²) in [5, 5.41) is 0. The lowest BCUT2D eigenvalue weighted by molar-refractivity contribution is -0.105. The van der Waals surface area contributed by atoms with Crippen LogP contribution in [-0.4, -0.2) is 0 Å². The molecule has 0 saturated heterocycles. The molecule has 0 aromatic rings. The minimum atomic E-state index is -0.113. The summed E-state index contributed by atoms with van der Waals surface area (Å²) in [6.45, 7) is 21.6. The maximum absolute atomic E-state index is 8.50. The van der Waals surface area contributed by atoms with Crippen LogP contribution in [0.1, 0.15) is 571 Å². The number of rotatable bonds is 0. The minimum Gasteiger partial charge on any atom is -0.0625 e. The Morgan fingerprint density at radius 3 is 1.01 bits per heavy atom. The highest BCUT2D eigenvalue weighted by Gasteiger charge is 2.58. The Morgan fingerprint density at radius 2 is 0.492 bits per heavy atom. The van der Waals surface area contributed by atoms with E-state index in [1.807, 2.05) is 0 Å². The summed E-state index contributed by atoms with van der Waals surface area (Å²) in [5.74, 6) is 18.1. The second-order valence-corrected chi connectivity index (χ2v) is 52.9. The zero-order chi connectivity index (χ0) is 93.3. The van der Waals surface area contributed by atoms with Crippen LogP contribution in [0.25, 0.3) is 0 Å². The molecule has 26 fully saturated rings. The Bertz CT molecular complexity index is 3600. The van der Waals surface area contributed by atoms with Gasteiger partial charge in [0.05, 0.1) is 0 Å². The molecule has 26 saturated carbocycles. The van der Waals surface area contributed by atoms with Crippen molar-refractivity contribution in [2.75, 3.05) is 0 Å². The van der Waals surface area contributed by atoms with Gasteiger partial charge in [-0.05, 0) is 473 Å². The van der Waals surface area contributed by atoms with Gasteiger partial charge in [-0.2, -0.15) is 0 Å². The molecule has 0 heteroatoms. The number of hydrogen-bond donors (Lipinski definition) is 0. The smallest absolute Gasteiger partial charge is 0.0303 e. The molecule has 0 nitrogen and oxygen atoms in total. The molecule has 20 unspecified atom stereocenters. The SMILES string of the molecule is [2H][C@@]1(C)CC2CC1C1CCCC21.[2H][C@@]1(C)CC2CC1C1CCCCC21.[2H][C@@]1(C)CCC2(CCC2)C1.[2H][C@@]1(C)CCC2(CCCC2)C1.[2H][C@@]1(C)CCC2(CCCCC2)C1.[2H][C@@]1(C)CCC23CCCCC2(CCCC3)C1.[2H][C@@]1(C)CCC2CC3CCCCC3CC2C1.[2H][C@@]1(C)CCCC2(CCCCC2)C1.[2H][C@]1(C)CCC2CCC3CCCC1C32.[2H][C@]1(C)CCCC2C3CCCCC3CC21. The minimum absolute atomic E-state index is 0.0455. The second kappa shape index (κ2) is 42.7. The Hall–Kier alpha value is 0. The molecule has 0 aliphatic heterocycles. The molecule has 0 amide bonds. The molecule has 4 bridgehead atoms. The van der Waals surface area contributed by atoms with Gasteiger partial charge in [-0.3, -0.25) is 0 Å². The van der Waals surface area contributed by atoms with Crippen LogP contribution in [-0.2, 0) is 0 Å². The van der Waals surface area contributed by atoms with E-state index in [9.17, 15) is 0 Å². The van der Waals surface area contributed by atoms with Crippen LogP contribution >= 0.6 is 0 Å². The predicted octanol–water partition coefficient (Wildman–Crippen LogP) is 38.5. The molecule has 700 valence electrons. The van der Waals surface area contributed by atoms with Gasteiger partial charge < -0.3 is 0 Å². The van der Waals surface area contributed by atoms with Gasteiger partial charge in [-0.25, -0.2) is 0 Å². The molecule has 0 radical (unpaired) electrons. The monoisotopic (exact) mass is 1690 g/mol. The van der Waals surface area contributed by atoms with E-state index in [2.05, 4.69) is 69.2 Å². The zero-order valence-corrected chi connectivity index (χ0v) is 83.3. The highest BCUT2D eigenvalue weighted by atomic mass is 14.6. The first kappa shape index (κ1) is 81.5. The molecule has 0 N–H and O–H groups in total. The average Bonchev–Trinajstić information content (AvgIpc) is 1.07. The van der Waals surface area contributed by atoms with Gasteiger partial charge in [0.1, 0.15) is 0 Å². The van der Waals surface area contributed by atoms with E-state index < -0.39 is 0 Å². The summed E-state index contributed by atoms with van der Waals surface area (Å²) in [4.78, 5) is 0. The standard InChI is InChI=1S/2C15H26.C14H24.C13H22.C12H20.C12H22.C11H18.C11H20.C10H18.C9H16/c1-13-6-11-14-7-2-4-9-15(14,12-13)10-5-3-8-14;1-11-6-7-14-9-12-4-2-3-5-13(12)10-15(14)8-11;1-10-5-4-8-13-12-7-3-2-6-11(12)9-14(10)13;1-9-5-6-11-8-7-10-3-2-4-12(9)13(10)11;1-8-6-9-7-12(8)11-5-3-2-4-10(9)11;1-11-6-5-9-12(10-11)7-3-2-4-8-12;1-7-5-8-6-11(7)10-4-2-3-9(8)10;1-10-5-8-11(9-10)6-3-2-4-7-11;1-9-4-7-10(8-9)5-2-3-6-10;1-8-3-6-9(7-8)4-2-5-9/h13H,2-12H2,1H3;11-15H,2-10H2,1H3;10-14H,2-9H2,1H3;9-13H,2-8H2,1H3;8-12H,2-7H2,1H3;11H,2-10H2,1H3;7-11H,2-6H2,1H3;10H,2-9H2,1H3;9H,2-8H2,1H3;8H,2-7H2,1H3/t13-,14?,15?;11-,12?,13?,14?,15?;10-,11?,12?,13?,14?;9-,10?,11?,12?,13?;8-,9?,10?,11?,12?;11-;7-,8?,9?,10?,11?;10-;9-;8-/m1100111111/s1/i13D;11D;10D;9D;8D;11D;7D;10D;9D;8D. The maximum Gasteiger partial charge on any atom is 0.0303 e. The fourth-order valence-electron chi connectivity index (χ4n) is 39.0. The van der Waals surface area contributed by atoms with Gasteiger partial charge >= 0.3 is 0 Å². The van der Waals surface area contributed by atoms with E-state index in [0.717, 1.165) is 163 Å². The fourth-order valence-corrected chi connectivity index (χ4v) is 39.0. The molecule has 0 heterocycles. The molecule has 26 rings (SSSR count). The number of fused-ring (bicyclic) bond motifs is 15. The van der Waals surface area contributed by atoms with Crippen LogP contribution in [0.3, 0.4) is 0 Å². The first-order chi connectivity index (χ1) is 62.4. The first-order valence-corrected chi connectivity index (χ1v) is 57.4. The Morgan fingerprint density at radius 1 is 0.156 bits per heavy atom. The summed E-state index contributed by atoms with van der Waals surface area (Å²) in [6.07, 6.45) is 105. The van der Waals surface area contributed by atoms with Crippen molar-refractivity contribution in [3.63, 3.8) is 0 Å². The van der Waals surface area contributed by atoms with Crippen molar-refractivity contribution in [3.05, 3.63) is 0 Å². The molecular weight excluding hydrogens is 1470 g/mol. The fraction of sp³-hybridized carbons (Fsp3) is 1.00. The van der Waals surface area contributed by atoms with Gasteiger partial charge in [0, 0.05) is 13.7 Å². The van der Waals surface area contributed by atoms with Crippen LogP contribution in [0.5, 0.6) is 0 Å². The van der Waals surface area contributed by atoms with Crippen molar-refractivity contribution in [3.8, 4) is 0 Å². The van der Waals surface area contributed by atoms with Crippen molar-refractivity contribution < 1.29 is 13.7 Å². The Labute approximate surface area is 776 Å². The molecule has 0 aromatic carbocycles.